The first-order valence-electron chi connectivity index (χ1n) is 11.6. The van der Waals surface area contributed by atoms with Gasteiger partial charge in [-0.2, -0.15) is 0 Å². The van der Waals surface area contributed by atoms with Crippen LogP contribution in [-0.4, -0.2) is 58.2 Å². The van der Waals surface area contributed by atoms with Gasteiger partial charge < -0.3 is 14.5 Å². The Kier molecular flexibility index (Phi) is 7.21. The van der Waals surface area contributed by atoms with Crippen molar-refractivity contribution in [3.63, 3.8) is 0 Å². The average Bonchev–Trinajstić information content (AvgIpc) is 3.21. The molecule has 3 aromatic carbocycles. The molecule has 0 aliphatic carbocycles. The molecule has 0 spiro atoms. The molecule has 0 amide bonds. The molecular formula is C28H36N4O. The van der Waals surface area contributed by atoms with Crippen LogP contribution in [0.3, 0.4) is 0 Å². The van der Waals surface area contributed by atoms with Gasteiger partial charge >= 0.3 is 0 Å². The number of methoxy groups -OCH3 is 1. The fourth-order valence-electron chi connectivity index (χ4n) is 4.53. The first kappa shape index (κ1) is 23.1. The molecule has 1 heterocycles. The van der Waals surface area contributed by atoms with E-state index < -0.39 is 0 Å². The normalized spacial score (nSPS) is 15.1. The quantitative estimate of drug-likeness (QED) is 0.494. The Hall–Kier alpha value is -3.02. The Balaban J connectivity index is 1.56. The van der Waals surface area contributed by atoms with Gasteiger partial charge in [0.15, 0.2) is 0 Å². The SMILES string of the molecule is COc1ccc(C2N(Cc3ccc(N(C)C)cc3)CCN2Cc2ccc(N(C)C)cc2)cc1. The predicted octanol–water partition coefficient (Wildman–Crippen LogP) is 4.84. The van der Waals surface area contributed by atoms with Crippen LogP contribution in [0.4, 0.5) is 11.4 Å². The molecule has 0 radical (unpaired) electrons. The minimum absolute atomic E-state index is 0.234. The summed E-state index contributed by atoms with van der Waals surface area (Å²) < 4.78 is 5.40. The van der Waals surface area contributed by atoms with Crippen LogP contribution >= 0.6 is 0 Å². The van der Waals surface area contributed by atoms with E-state index in [2.05, 4.69) is 121 Å². The number of benzene rings is 3. The Morgan fingerprint density at radius 1 is 0.667 bits per heavy atom. The lowest BCUT2D eigenvalue weighted by Crippen LogP contribution is -2.30. The Morgan fingerprint density at radius 3 is 1.45 bits per heavy atom. The van der Waals surface area contributed by atoms with Crippen molar-refractivity contribution in [1.82, 2.24) is 9.80 Å². The van der Waals surface area contributed by atoms with Crippen molar-refractivity contribution in [3.05, 3.63) is 89.5 Å². The minimum Gasteiger partial charge on any atom is -0.497 e. The maximum absolute atomic E-state index is 5.40. The van der Waals surface area contributed by atoms with E-state index in [4.69, 9.17) is 4.74 Å². The molecule has 0 atom stereocenters. The lowest BCUT2D eigenvalue weighted by atomic mass is 10.1. The van der Waals surface area contributed by atoms with E-state index in [0.29, 0.717) is 0 Å². The largest absolute Gasteiger partial charge is 0.497 e. The summed E-state index contributed by atoms with van der Waals surface area (Å²) in [7, 11) is 10.0. The zero-order chi connectivity index (χ0) is 23.4. The maximum atomic E-state index is 5.40. The van der Waals surface area contributed by atoms with E-state index >= 15 is 0 Å². The number of ether oxygens (including phenoxy) is 1. The Morgan fingerprint density at radius 2 is 1.09 bits per heavy atom. The van der Waals surface area contributed by atoms with E-state index in [1.807, 2.05) is 0 Å². The van der Waals surface area contributed by atoms with Gasteiger partial charge in [-0.25, -0.2) is 0 Å². The van der Waals surface area contributed by atoms with Gasteiger partial charge in [0.05, 0.1) is 13.3 Å². The zero-order valence-electron chi connectivity index (χ0n) is 20.5. The fourth-order valence-corrected chi connectivity index (χ4v) is 4.53. The smallest absolute Gasteiger partial charge is 0.118 e. The van der Waals surface area contributed by atoms with Crippen molar-refractivity contribution in [2.24, 2.45) is 0 Å². The summed E-state index contributed by atoms with van der Waals surface area (Å²) in [4.78, 5) is 9.45. The van der Waals surface area contributed by atoms with Crippen LogP contribution in [0.15, 0.2) is 72.8 Å². The molecule has 0 aromatic heterocycles. The second-order valence-corrected chi connectivity index (χ2v) is 9.21. The molecule has 0 N–H and O–H groups in total. The van der Waals surface area contributed by atoms with Crippen LogP contribution in [0.2, 0.25) is 0 Å². The van der Waals surface area contributed by atoms with Crippen molar-refractivity contribution in [2.75, 3.05) is 58.2 Å². The van der Waals surface area contributed by atoms with E-state index in [9.17, 15) is 0 Å². The topological polar surface area (TPSA) is 22.2 Å². The standard InChI is InChI=1S/C28H36N4O/c1-29(2)25-12-6-22(7-13-25)20-31-18-19-32(21-23-8-14-26(15-9-23)30(3)4)28(31)24-10-16-27(33-5)17-11-24/h6-17,28H,18-21H2,1-5H3. The third-order valence-corrected chi connectivity index (χ3v) is 6.46. The molecular weight excluding hydrogens is 408 g/mol. The molecule has 0 unspecified atom stereocenters. The van der Waals surface area contributed by atoms with Crippen LogP contribution in [0.5, 0.6) is 5.75 Å². The van der Waals surface area contributed by atoms with Gasteiger partial charge in [0, 0.05) is 65.7 Å². The van der Waals surface area contributed by atoms with Crippen LogP contribution in [-0.2, 0) is 13.1 Å². The number of nitrogens with zero attached hydrogens (tertiary/aromatic N) is 4. The maximum Gasteiger partial charge on any atom is 0.118 e. The number of hydrogen-bond acceptors (Lipinski definition) is 5. The lowest BCUT2D eigenvalue weighted by molar-refractivity contribution is 0.126. The minimum atomic E-state index is 0.234. The lowest BCUT2D eigenvalue weighted by Gasteiger charge is -2.31. The van der Waals surface area contributed by atoms with Gasteiger partial charge in [-0.05, 0) is 53.1 Å². The number of hydrogen-bond donors (Lipinski definition) is 0. The highest BCUT2D eigenvalue weighted by Gasteiger charge is 2.33. The molecule has 5 nitrogen and oxygen atoms in total. The van der Waals surface area contributed by atoms with Crippen molar-refractivity contribution in [3.8, 4) is 5.75 Å². The molecule has 4 rings (SSSR count). The molecule has 33 heavy (non-hydrogen) atoms. The highest BCUT2D eigenvalue weighted by Crippen LogP contribution is 2.34. The van der Waals surface area contributed by atoms with Crippen molar-refractivity contribution in [1.29, 1.82) is 0 Å². The van der Waals surface area contributed by atoms with Gasteiger partial charge in [0.25, 0.3) is 0 Å². The fraction of sp³-hybridized carbons (Fsp3) is 0.357. The van der Waals surface area contributed by atoms with Crippen LogP contribution < -0.4 is 14.5 Å². The van der Waals surface area contributed by atoms with Crippen molar-refractivity contribution in [2.45, 2.75) is 19.3 Å². The summed E-state index contributed by atoms with van der Waals surface area (Å²) in [5, 5.41) is 0. The second kappa shape index (κ2) is 10.3. The first-order valence-corrected chi connectivity index (χ1v) is 11.6. The summed E-state index contributed by atoms with van der Waals surface area (Å²) >= 11 is 0. The molecule has 1 fully saturated rings. The summed E-state index contributed by atoms with van der Waals surface area (Å²) in [6.07, 6.45) is 0.234. The van der Waals surface area contributed by atoms with Gasteiger partial charge in [0.1, 0.15) is 5.75 Å². The van der Waals surface area contributed by atoms with Gasteiger partial charge in [0.2, 0.25) is 0 Å². The molecule has 1 aliphatic rings. The molecule has 3 aromatic rings. The summed E-state index contributed by atoms with van der Waals surface area (Å²) in [5.74, 6) is 0.897. The van der Waals surface area contributed by atoms with Crippen LogP contribution in [0.1, 0.15) is 22.9 Å². The van der Waals surface area contributed by atoms with Gasteiger partial charge in [-0.15, -0.1) is 0 Å². The summed E-state index contributed by atoms with van der Waals surface area (Å²) in [6, 6.07) is 26.4. The molecule has 0 saturated carbocycles. The van der Waals surface area contributed by atoms with E-state index in [-0.39, 0.29) is 6.17 Å². The summed E-state index contributed by atoms with van der Waals surface area (Å²) in [6.45, 7) is 3.95. The first-order chi connectivity index (χ1) is 15.9. The molecule has 1 saturated heterocycles. The highest BCUT2D eigenvalue weighted by molar-refractivity contribution is 5.47. The van der Waals surface area contributed by atoms with E-state index in [0.717, 1.165) is 31.9 Å². The van der Waals surface area contributed by atoms with Crippen LogP contribution in [0, 0.1) is 0 Å². The van der Waals surface area contributed by atoms with Crippen molar-refractivity contribution < 1.29 is 4.74 Å². The Labute approximate surface area is 198 Å². The Bertz CT molecular complexity index is 952. The number of rotatable bonds is 8. The average molecular weight is 445 g/mol. The predicted molar refractivity (Wildman–Crippen MR) is 138 cm³/mol. The van der Waals surface area contributed by atoms with E-state index in [1.54, 1.807) is 7.11 Å². The molecule has 174 valence electrons. The summed E-state index contributed by atoms with van der Waals surface area (Å²) in [5.41, 5.74) is 6.46. The monoisotopic (exact) mass is 444 g/mol. The molecule has 0 bridgehead atoms. The third kappa shape index (κ3) is 5.49. The number of anilines is 2. The molecule has 5 heteroatoms. The van der Waals surface area contributed by atoms with Crippen molar-refractivity contribution >= 4 is 11.4 Å². The zero-order valence-corrected chi connectivity index (χ0v) is 20.5. The third-order valence-electron chi connectivity index (χ3n) is 6.46. The van der Waals surface area contributed by atoms with Crippen LogP contribution in [0.25, 0.3) is 0 Å². The second-order valence-electron chi connectivity index (χ2n) is 9.21. The molecule has 1 aliphatic heterocycles. The van der Waals surface area contributed by atoms with E-state index in [1.165, 1.54) is 28.1 Å². The van der Waals surface area contributed by atoms with Gasteiger partial charge in [-0.1, -0.05) is 36.4 Å². The van der Waals surface area contributed by atoms with Gasteiger partial charge in [-0.3, -0.25) is 9.80 Å². The highest BCUT2D eigenvalue weighted by atomic mass is 16.5.